The number of aryl methyl sites for hydroxylation is 1. The molecule has 0 atom stereocenters. The fourth-order valence-corrected chi connectivity index (χ4v) is 9.20. The zero-order valence-corrected chi connectivity index (χ0v) is 32.3. The summed E-state index contributed by atoms with van der Waals surface area (Å²) in [6.07, 6.45) is 28.7. The minimum Gasteiger partial charge on any atom is -0.494 e. The Kier molecular flexibility index (Phi) is 16.6. The maximum absolute atomic E-state index is 6.07. The number of hydrogen-bond donors (Lipinski definition) is 0. The lowest BCUT2D eigenvalue weighted by Crippen LogP contribution is -1.97. The lowest BCUT2D eigenvalue weighted by atomic mass is 10.0. The smallest absolute Gasteiger partial charge is 0.119 e. The highest BCUT2D eigenvalue weighted by Crippen LogP contribution is 2.40. The van der Waals surface area contributed by atoms with E-state index in [1.807, 2.05) is 22.7 Å². The Hall–Kier alpha value is -2.62. The fourth-order valence-electron chi connectivity index (χ4n) is 7.00. The average Bonchev–Trinajstić information content (AvgIpc) is 3.74. The molecule has 1 nitrogen and oxygen atoms in total. The largest absolute Gasteiger partial charge is 0.494 e. The van der Waals surface area contributed by atoms with Gasteiger partial charge in [-0.3, -0.25) is 0 Å². The second-order valence-electron chi connectivity index (χ2n) is 14.3. The highest BCUT2D eigenvalue weighted by molar-refractivity contribution is 7.23. The van der Waals surface area contributed by atoms with Gasteiger partial charge in [-0.15, -0.1) is 22.7 Å². The molecule has 5 aromatic rings. The van der Waals surface area contributed by atoms with E-state index >= 15 is 0 Å². The first-order valence-corrected chi connectivity index (χ1v) is 21.7. The van der Waals surface area contributed by atoms with Gasteiger partial charge in [0.25, 0.3) is 0 Å². The van der Waals surface area contributed by atoms with Crippen LogP contribution in [0, 0.1) is 0 Å². The summed E-state index contributed by atoms with van der Waals surface area (Å²) in [5, 5.41) is 2.69. The summed E-state index contributed by atoms with van der Waals surface area (Å²) in [5.74, 6) is 0.987. The third-order valence-electron chi connectivity index (χ3n) is 10.1. The molecule has 264 valence electrons. The molecule has 3 heteroatoms. The molecule has 0 saturated carbocycles. The van der Waals surface area contributed by atoms with Crippen LogP contribution < -0.4 is 4.74 Å². The molecule has 0 saturated heterocycles. The van der Waals surface area contributed by atoms with E-state index in [-0.39, 0.29) is 0 Å². The molecule has 0 fully saturated rings. The van der Waals surface area contributed by atoms with Gasteiger partial charge in [-0.1, -0.05) is 154 Å². The molecule has 0 bridgehead atoms. The Morgan fingerprint density at radius 2 is 0.837 bits per heavy atom. The van der Waals surface area contributed by atoms with Gasteiger partial charge in [-0.25, -0.2) is 0 Å². The molecule has 0 N–H and O–H groups in total. The molecule has 0 radical (unpaired) electrons. The summed E-state index contributed by atoms with van der Waals surface area (Å²) >= 11 is 3.81. The first kappa shape index (κ1) is 37.6. The van der Waals surface area contributed by atoms with Crippen molar-refractivity contribution in [1.82, 2.24) is 0 Å². The standard InChI is InChI=1S/C46H62OS2/c1-3-5-7-9-11-13-15-17-19-21-23-37-24-26-38(27-25-37)43-33-40-35-46-41(36-45(40)48-43)34-44(49-46)39-28-30-42(31-29-39)47-32-22-20-18-16-14-12-10-8-6-4-2/h24-31,33-36H,3-23,32H2,1-2H3. The fraction of sp³-hybridized carbons (Fsp3) is 0.522. The number of unbranched alkanes of at least 4 members (excludes halogenated alkanes) is 18. The molecule has 0 aliphatic carbocycles. The molecule has 5 rings (SSSR count). The van der Waals surface area contributed by atoms with E-state index < -0.39 is 0 Å². The number of thiophene rings is 2. The molecule has 2 aromatic heterocycles. The Bertz CT molecular complexity index is 1560. The molecule has 0 aliphatic heterocycles. The van der Waals surface area contributed by atoms with Crippen molar-refractivity contribution in [3.8, 4) is 26.6 Å². The summed E-state index contributed by atoms with van der Waals surface area (Å²) in [7, 11) is 0. The van der Waals surface area contributed by atoms with Crippen molar-refractivity contribution >= 4 is 42.8 Å². The normalized spacial score (nSPS) is 11.6. The highest BCUT2D eigenvalue weighted by atomic mass is 32.1. The van der Waals surface area contributed by atoms with Crippen molar-refractivity contribution in [2.75, 3.05) is 6.61 Å². The van der Waals surface area contributed by atoms with Crippen LogP contribution in [0.25, 0.3) is 41.1 Å². The van der Waals surface area contributed by atoms with Gasteiger partial charge in [0.05, 0.1) is 6.61 Å². The van der Waals surface area contributed by atoms with Crippen LogP contribution in [0.3, 0.4) is 0 Å². The lowest BCUT2D eigenvalue weighted by Gasteiger charge is -2.07. The Labute approximate surface area is 306 Å². The molecule has 0 amide bonds. The van der Waals surface area contributed by atoms with Gasteiger partial charge >= 0.3 is 0 Å². The van der Waals surface area contributed by atoms with Crippen molar-refractivity contribution in [2.24, 2.45) is 0 Å². The lowest BCUT2D eigenvalue weighted by molar-refractivity contribution is 0.304. The van der Waals surface area contributed by atoms with E-state index in [0.29, 0.717) is 0 Å². The molecule has 0 unspecified atom stereocenters. The molecule has 49 heavy (non-hydrogen) atoms. The molecular weight excluding hydrogens is 633 g/mol. The predicted octanol–water partition coefficient (Wildman–Crippen LogP) is 16.2. The average molecular weight is 695 g/mol. The molecule has 0 aliphatic rings. The molecular formula is C46H62OS2. The quantitative estimate of drug-likeness (QED) is 0.0553. The number of rotatable bonds is 25. The number of hydrogen-bond acceptors (Lipinski definition) is 3. The SMILES string of the molecule is CCCCCCCCCCCCOc1ccc(-c2cc3cc4sc(-c5ccc(CCCCCCCCCCCC)cc5)cc4cc3s2)cc1. The van der Waals surface area contributed by atoms with Crippen LogP contribution in [-0.4, -0.2) is 6.61 Å². The first-order valence-electron chi connectivity index (χ1n) is 20.0. The van der Waals surface area contributed by atoms with Crippen molar-refractivity contribution in [1.29, 1.82) is 0 Å². The molecule has 3 aromatic carbocycles. The Morgan fingerprint density at radius 3 is 1.31 bits per heavy atom. The van der Waals surface area contributed by atoms with E-state index in [4.69, 9.17) is 4.74 Å². The van der Waals surface area contributed by atoms with Gasteiger partial charge < -0.3 is 4.74 Å². The van der Waals surface area contributed by atoms with Crippen LogP contribution in [0.15, 0.2) is 72.8 Å². The van der Waals surface area contributed by atoms with Crippen LogP contribution in [0.4, 0.5) is 0 Å². The number of ether oxygens (including phenoxy) is 1. The van der Waals surface area contributed by atoms with Crippen molar-refractivity contribution < 1.29 is 4.74 Å². The third-order valence-corrected chi connectivity index (χ3v) is 12.4. The Morgan fingerprint density at radius 1 is 0.429 bits per heavy atom. The van der Waals surface area contributed by atoms with Gasteiger partial charge in [0, 0.05) is 19.2 Å². The van der Waals surface area contributed by atoms with Crippen LogP contribution in [0.5, 0.6) is 5.75 Å². The van der Waals surface area contributed by atoms with E-state index in [0.717, 1.165) is 18.8 Å². The third kappa shape index (κ3) is 12.6. The Balaban J connectivity index is 1.04. The summed E-state index contributed by atoms with van der Waals surface area (Å²) in [6.45, 7) is 5.40. The van der Waals surface area contributed by atoms with Gasteiger partial charge in [0.15, 0.2) is 0 Å². The van der Waals surface area contributed by atoms with Gasteiger partial charge in [-0.05, 0) is 95.3 Å². The zero-order chi connectivity index (χ0) is 33.9. The maximum atomic E-state index is 6.07. The summed E-state index contributed by atoms with van der Waals surface area (Å²) in [6, 6.07) is 27.6. The van der Waals surface area contributed by atoms with E-state index in [9.17, 15) is 0 Å². The van der Waals surface area contributed by atoms with Gasteiger partial charge in [-0.2, -0.15) is 0 Å². The van der Waals surface area contributed by atoms with E-state index in [1.165, 1.54) is 175 Å². The monoisotopic (exact) mass is 694 g/mol. The highest BCUT2D eigenvalue weighted by Gasteiger charge is 2.10. The van der Waals surface area contributed by atoms with Crippen LogP contribution in [0.1, 0.15) is 148 Å². The van der Waals surface area contributed by atoms with E-state index in [1.54, 1.807) is 0 Å². The number of fused-ring (bicyclic) bond motifs is 2. The maximum Gasteiger partial charge on any atom is 0.119 e. The van der Waals surface area contributed by atoms with Crippen LogP contribution in [-0.2, 0) is 6.42 Å². The summed E-state index contributed by atoms with van der Waals surface area (Å²) in [5.41, 5.74) is 4.09. The minimum atomic E-state index is 0.820. The van der Waals surface area contributed by atoms with Crippen molar-refractivity contribution in [3.63, 3.8) is 0 Å². The minimum absolute atomic E-state index is 0.820. The second kappa shape index (κ2) is 21.6. The summed E-state index contributed by atoms with van der Waals surface area (Å²) < 4.78 is 8.81. The molecule has 0 spiro atoms. The molecule has 2 heterocycles. The van der Waals surface area contributed by atoms with Gasteiger partial charge in [0.1, 0.15) is 5.75 Å². The van der Waals surface area contributed by atoms with E-state index in [2.05, 4.69) is 86.6 Å². The van der Waals surface area contributed by atoms with Gasteiger partial charge in [0.2, 0.25) is 0 Å². The van der Waals surface area contributed by atoms with Crippen molar-refractivity contribution in [2.45, 2.75) is 149 Å². The van der Waals surface area contributed by atoms with Crippen LogP contribution >= 0.6 is 22.7 Å². The predicted molar refractivity (Wildman–Crippen MR) is 221 cm³/mol. The van der Waals surface area contributed by atoms with Crippen LogP contribution in [0.2, 0.25) is 0 Å². The first-order chi connectivity index (χ1) is 24.2. The topological polar surface area (TPSA) is 9.23 Å². The van der Waals surface area contributed by atoms with Crippen molar-refractivity contribution in [3.05, 3.63) is 78.4 Å². The second-order valence-corrected chi connectivity index (χ2v) is 16.5. The number of benzene rings is 3. The zero-order valence-electron chi connectivity index (χ0n) is 30.7. The summed E-state index contributed by atoms with van der Waals surface area (Å²) in [4.78, 5) is 2.69.